The molecule has 0 saturated heterocycles. The molecule has 0 unspecified atom stereocenters. The molecule has 0 radical (unpaired) electrons. The van der Waals surface area contributed by atoms with Gasteiger partial charge in [-0.1, -0.05) is 42.0 Å². The first kappa shape index (κ1) is 12.7. The van der Waals surface area contributed by atoms with Crippen LogP contribution in [0.15, 0.2) is 48.5 Å². The Hall–Kier alpha value is -1.78. The maximum absolute atomic E-state index is 9.27. The van der Waals surface area contributed by atoms with Gasteiger partial charge in [-0.2, -0.15) is 0 Å². The third kappa shape index (κ3) is 3.12. The van der Waals surface area contributed by atoms with Gasteiger partial charge in [0.15, 0.2) is 0 Å². The molecule has 2 aromatic carbocycles. The molecule has 0 aromatic heterocycles. The minimum atomic E-state index is -1.43. The van der Waals surface area contributed by atoms with Gasteiger partial charge in [-0.05, 0) is 30.1 Å². The topological polar surface area (TPSA) is 52.5 Å². The van der Waals surface area contributed by atoms with Crippen molar-refractivity contribution >= 4 is 18.3 Å². The summed E-state index contributed by atoms with van der Waals surface area (Å²) in [7, 11) is -1.43. The Kier molecular flexibility index (Phi) is 4.02. The van der Waals surface area contributed by atoms with Crippen molar-refractivity contribution in [1.29, 1.82) is 0 Å². The van der Waals surface area contributed by atoms with Crippen LogP contribution in [0.1, 0.15) is 11.1 Å². The quantitative estimate of drug-likeness (QED) is 0.707. The predicted molar refractivity (Wildman–Crippen MR) is 74.8 cm³/mol. The van der Waals surface area contributed by atoms with E-state index in [1.165, 1.54) is 5.56 Å². The van der Waals surface area contributed by atoms with Crippen LogP contribution in [0.2, 0.25) is 0 Å². The highest BCUT2D eigenvalue weighted by Gasteiger charge is 2.14. The first-order valence-electron chi connectivity index (χ1n) is 5.91. The van der Waals surface area contributed by atoms with Crippen molar-refractivity contribution in [2.45, 2.75) is 13.5 Å². The van der Waals surface area contributed by atoms with Crippen LogP contribution in [0.3, 0.4) is 0 Å². The molecule has 0 aliphatic heterocycles. The Morgan fingerprint density at radius 1 is 1.00 bits per heavy atom. The second-order valence-electron chi connectivity index (χ2n) is 4.29. The Bertz CT molecular complexity index is 511. The van der Waals surface area contributed by atoms with Gasteiger partial charge in [0.2, 0.25) is 0 Å². The number of rotatable bonds is 4. The average Bonchev–Trinajstić information content (AvgIpc) is 2.38. The minimum absolute atomic E-state index is 0.539. The molecule has 0 fully saturated rings. The number of hydrogen-bond donors (Lipinski definition) is 3. The molecule has 0 amide bonds. The fraction of sp³-hybridized carbons (Fsp3) is 0.143. The van der Waals surface area contributed by atoms with Crippen molar-refractivity contribution in [1.82, 2.24) is 0 Å². The standard InChI is InChI=1S/C14H16BNO2/c1-11-6-8-13(9-7-11)16-10-12-4-2-3-5-14(12)15(17)18/h2-9,16-18H,10H2,1H3. The van der Waals surface area contributed by atoms with Crippen LogP contribution >= 0.6 is 0 Å². The zero-order valence-electron chi connectivity index (χ0n) is 10.3. The van der Waals surface area contributed by atoms with Crippen LogP contribution < -0.4 is 10.8 Å². The molecule has 92 valence electrons. The summed E-state index contributed by atoms with van der Waals surface area (Å²) < 4.78 is 0. The van der Waals surface area contributed by atoms with Gasteiger partial charge < -0.3 is 15.4 Å². The highest BCUT2D eigenvalue weighted by molar-refractivity contribution is 6.59. The molecular weight excluding hydrogens is 225 g/mol. The summed E-state index contributed by atoms with van der Waals surface area (Å²) in [5.74, 6) is 0. The number of hydrogen-bond acceptors (Lipinski definition) is 3. The number of aryl methyl sites for hydroxylation is 1. The fourth-order valence-electron chi connectivity index (χ4n) is 1.82. The molecule has 0 saturated carbocycles. The number of anilines is 1. The maximum Gasteiger partial charge on any atom is 0.488 e. The van der Waals surface area contributed by atoms with Crippen LogP contribution in [0.4, 0.5) is 5.69 Å². The van der Waals surface area contributed by atoms with E-state index in [0.29, 0.717) is 12.0 Å². The third-order valence-electron chi connectivity index (χ3n) is 2.87. The Balaban J connectivity index is 2.08. The van der Waals surface area contributed by atoms with Crippen molar-refractivity contribution in [3.63, 3.8) is 0 Å². The lowest BCUT2D eigenvalue weighted by Crippen LogP contribution is -2.33. The lowest BCUT2D eigenvalue weighted by molar-refractivity contribution is 0.425. The molecule has 0 aliphatic carbocycles. The monoisotopic (exact) mass is 241 g/mol. The summed E-state index contributed by atoms with van der Waals surface area (Å²) in [6, 6.07) is 15.4. The first-order chi connectivity index (χ1) is 8.66. The lowest BCUT2D eigenvalue weighted by atomic mass is 9.77. The van der Waals surface area contributed by atoms with Crippen LogP contribution in [0.5, 0.6) is 0 Å². The zero-order valence-corrected chi connectivity index (χ0v) is 10.3. The highest BCUT2D eigenvalue weighted by atomic mass is 16.4. The van der Waals surface area contributed by atoms with Crippen molar-refractivity contribution in [3.8, 4) is 0 Å². The zero-order chi connectivity index (χ0) is 13.0. The lowest BCUT2D eigenvalue weighted by Gasteiger charge is -2.11. The van der Waals surface area contributed by atoms with Gasteiger partial charge >= 0.3 is 7.12 Å². The van der Waals surface area contributed by atoms with E-state index in [9.17, 15) is 10.0 Å². The maximum atomic E-state index is 9.27. The molecular formula is C14H16BNO2. The minimum Gasteiger partial charge on any atom is -0.423 e. The molecule has 2 aromatic rings. The van der Waals surface area contributed by atoms with Crippen LogP contribution in [-0.2, 0) is 6.54 Å². The second-order valence-corrected chi connectivity index (χ2v) is 4.29. The predicted octanol–water partition coefficient (Wildman–Crippen LogP) is 1.29. The molecule has 0 heterocycles. The molecule has 0 spiro atoms. The van der Waals surface area contributed by atoms with Gasteiger partial charge in [0.1, 0.15) is 0 Å². The number of benzene rings is 2. The molecule has 4 heteroatoms. The van der Waals surface area contributed by atoms with Gasteiger partial charge in [0.25, 0.3) is 0 Å². The van der Waals surface area contributed by atoms with E-state index in [4.69, 9.17) is 0 Å². The van der Waals surface area contributed by atoms with E-state index >= 15 is 0 Å². The summed E-state index contributed by atoms with van der Waals surface area (Å²) in [6.45, 7) is 2.61. The smallest absolute Gasteiger partial charge is 0.423 e. The van der Waals surface area contributed by atoms with Crippen LogP contribution in [-0.4, -0.2) is 17.2 Å². The van der Waals surface area contributed by atoms with Crippen molar-refractivity contribution in [2.75, 3.05) is 5.32 Å². The molecule has 0 bridgehead atoms. The Morgan fingerprint density at radius 2 is 1.67 bits per heavy atom. The summed E-state index contributed by atoms with van der Waals surface area (Å²) >= 11 is 0. The highest BCUT2D eigenvalue weighted by Crippen LogP contribution is 2.10. The van der Waals surface area contributed by atoms with Gasteiger partial charge in [-0.25, -0.2) is 0 Å². The Morgan fingerprint density at radius 3 is 2.33 bits per heavy atom. The third-order valence-corrected chi connectivity index (χ3v) is 2.87. The van der Waals surface area contributed by atoms with Crippen molar-refractivity contribution in [2.24, 2.45) is 0 Å². The molecule has 2 rings (SSSR count). The molecule has 18 heavy (non-hydrogen) atoms. The number of nitrogens with one attached hydrogen (secondary N) is 1. The summed E-state index contributed by atoms with van der Waals surface area (Å²) in [4.78, 5) is 0. The van der Waals surface area contributed by atoms with Crippen LogP contribution in [0.25, 0.3) is 0 Å². The molecule has 3 nitrogen and oxygen atoms in total. The summed E-state index contributed by atoms with van der Waals surface area (Å²) in [5, 5.41) is 21.8. The SMILES string of the molecule is Cc1ccc(NCc2ccccc2B(O)O)cc1. The van der Waals surface area contributed by atoms with Crippen LogP contribution in [0, 0.1) is 6.92 Å². The van der Waals surface area contributed by atoms with Gasteiger partial charge in [-0.15, -0.1) is 0 Å². The fourth-order valence-corrected chi connectivity index (χ4v) is 1.82. The largest absolute Gasteiger partial charge is 0.488 e. The van der Waals surface area contributed by atoms with Crippen molar-refractivity contribution < 1.29 is 10.0 Å². The molecule has 0 atom stereocenters. The van der Waals surface area contributed by atoms with E-state index < -0.39 is 7.12 Å². The molecule has 0 aliphatic rings. The average molecular weight is 241 g/mol. The van der Waals surface area contributed by atoms with Gasteiger partial charge in [0.05, 0.1) is 0 Å². The normalized spacial score (nSPS) is 10.2. The van der Waals surface area contributed by atoms with Gasteiger partial charge in [-0.3, -0.25) is 0 Å². The first-order valence-corrected chi connectivity index (χ1v) is 5.91. The van der Waals surface area contributed by atoms with E-state index in [2.05, 4.69) is 5.32 Å². The Labute approximate surface area is 107 Å². The van der Waals surface area contributed by atoms with E-state index in [1.807, 2.05) is 43.3 Å². The van der Waals surface area contributed by atoms with E-state index in [1.54, 1.807) is 12.1 Å². The summed E-state index contributed by atoms with van der Waals surface area (Å²) in [5.41, 5.74) is 3.65. The van der Waals surface area contributed by atoms with Gasteiger partial charge in [0, 0.05) is 12.2 Å². The molecule has 3 N–H and O–H groups in total. The second kappa shape index (κ2) is 5.71. The summed E-state index contributed by atoms with van der Waals surface area (Å²) in [6.07, 6.45) is 0. The van der Waals surface area contributed by atoms with Crippen molar-refractivity contribution in [3.05, 3.63) is 59.7 Å². The van der Waals surface area contributed by atoms with E-state index in [0.717, 1.165) is 11.3 Å². The van der Waals surface area contributed by atoms with E-state index in [-0.39, 0.29) is 0 Å².